The van der Waals surface area contributed by atoms with E-state index in [4.69, 9.17) is 62.8 Å². The quantitative estimate of drug-likeness (QED) is 0.0429. The second-order valence-corrected chi connectivity index (χ2v) is 40.6. The van der Waals surface area contributed by atoms with Gasteiger partial charge in [0.15, 0.2) is 0 Å². The predicted molar refractivity (Wildman–Crippen MR) is 520 cm³/mol. The molecular formula is C98H114N18O10S4. The fraction of sp³-hybridized carbons (Fsp3) is 0.429. The number of aryl methyl sites for hydroxylation is 4. The second kappa shape index (κ2) is 37.5. The number of rotatable bonds is 16. The van der Waals surface area contributed by atoms with Crippen molar-refractivity contribution in [2.75, 3.05) is 136 Å². The molecule has 0 spiro atoms. The number of benzene rings is 4. The van der Waals surface area contributed by atoms with Crippen LogP contribution in [0.25, 0.3) is 40.9 Å². The molecule has 12 aromatic rings. The van der Waals surface area contributed by atoms with Crippen LogP contribution in [0.5, 0.6) is 23.0 Å². The molecule has 130 heavy (non-hydrogen) atoms. The summed E-state index contributed by atoms with van der Waals surface area (Å²) in [6.07, 6.45) is 13.6. The Morgan fingerprint density at radius 2 is 0.669 bits per heavy atom. The standard InChI is InChI=1S/2C25H28N4O2S.2C24H29N5O3S/c2*1-14-5-8-19-22(26)23(32-25(19)27-14)24(30)28-17-11-16-6-7-18(12-21(16)31-13-17)29-10-9-15-3-2-4-20(15)29;2*1-13-3-6-18-21(26)22(33-24(18)27-13)23(30)28-16-7-14-4-5-17(8-20(14)32-12-16)29-9-15(11-31-2)19(25)10-29/h2*5-8,12,15,17,20H,2-4,9-11,13,26H2,1H3,(H,28,30);2*3-6,8,15-16,19H,7,9-12,25-26H2,1-2H3,(H,28,30)/t15-,17+,20-;15-,17-,20-;15-,16+,19+;15-,16-,19+/m0101/s1. The molecule has 6 fully saturated rings. The summed E-state index contributed by atoms with van der Waals surface area (Å²) in [6.45, 7) is 16.5. The average molecular weight is 1830 g/mol. The molecule has 8 aliphatic heterocycles. The number of ether oxygens (including phenoxy) is 6. The Hall–Kier alpha value is -11.4. The van der Waals surface area contributed by atoms with E-state index in [0.717, 1.165) is 184 Å². The van der Waals surface area contributed by atoms with Crippen molar-refractivity contribution in [1.82, 2.24) is 41.2 Å². The van der Waals surface area contributed by atoms with E-state index in [1.54, 1.807) is 14.2 Å². The Morgan fingerprint density at radius 1 is 0.385 bits per heavy atom. The smallest absolute Gasteiger partial charge is 0.263 e. The Kier molecular flexibility index (Phi) is 25.4. The summed E-state index contributed by atoms with van der Waals surface area (Å²) in [5, 5.41) is 15.7. The van der Waals surface area contributed by atoms with Gasteiger partial charge in [-0.25, -0.2) is 19.9 Å². The van der Waals surface area contributed by atoms with Crippen LogP contribution in [0, 0.1) is 51.4 Å². The lowest BCUT2D eigenvalue weighted by Gasteiger charge is -2.30. The van der Waals surface area contributed by atoms with Gasteiger partial charge in [0, 0.05) is 181 Å². The van der Waals surface area contributed by atoms with Gasteiger partial charge in [0.25, 0.3) is 23.6 Å². The Bertz CT molecular complexity index is 5920. The molecule has 2 aliphatic carbocycles. The van der Waals surface area contributed by atoms with Crippen LogP contribution in [-0.2, 0) is 35.2 Å². The number of methoxy groups -OCH3 is 2. The minimum absolute atomic E-state index is 0.0776. The largest absolute Gasteiger partial charge is 0.491 e. The highest BCUT2D eigenvalue weighted by Crippen LogP contribution is 2.46. The zero-order valence-corrected chi connectivity index (χ0v) is 77.5. The van der Waals surface area contributed by atoms with Gasteiger partial charge in [0.2, 0.25) is 0 Å². The lowest BCUT2D eigenvalue weighted by atomic mass is 10.0. The summed E-state index contributed by atoms with van der Waals surface area (Å²) in [5.41, 5.74) is 52.4. The van der Waals surface area contributed by atoms with Crippen LogP contribution in [0.2, 0.25) is 0 Å². The van der Waals surface area contributed by atoms with Gasteiger partial charge in [-0.1, -0.05) is 37.1 Å². The molecule has 2 saturated carbocycles. The fourth-order valence-corrected chi connectivity index (χ4v) is 24.9. The van der Waals surface area contributed by atoms with Crippen LogP contribution in [0.15, 0.2) is 121 Å². The first-order valence-electron chi connectivity index (χ1n) is 45.4. The van der Waals surface area contributed by atoms with Gasteiger partial charge in [-0.15, -0.1) is 45.3 Å². The van der Waals surface area contributed by atoms with E-state index in [0.29, 0.717) is 119 Å². The lowest BCUT2D eigenvalue weighted by molar-refractivity contribution is 0.0912. The van der Waals surface area contributed by atoms with Crippen LogP contribution in [0.3, 0.4) is 0 Å². The number of nitrogens with one attached hydrogen (secondary N) is 4. The number of aromatic nitrogens is 4. The first kappa shape index (κ1) is 87.9. The highest BCUT2D eigenvalue weighted by Gasteiger charge is 2.42. The highest BCUT2D eigenvalue weighted by atomic mass is 32.1. The molecule has 8 aromatic heterocycles. The van der Waals surface area contributed by atoms with Gasteiger partial charge < -0.3 is 104 Å². The maximum atomic E-state index is 13.0. The molecule has 22 rings (SSSR count). The third kappa shape index (κ3) is 18.2. The van der Waals surface area contributed by atoms with Crippen LogP contribution in [0.4, 0.5) is 45.5 Å². The fourth-order valence-electron chi connectivity index (χ4n) is 20.7. The van der Waals surface area contributed by atoms with E-state index in [9.17, 15) is 19.2 Å². The van der Waals surface area contributed by atoms with E-state index in [1.807, 2.05) is 76.2 Å². The molecule has 10 aliphatic rings. The van der Waals surface area contributed by atoms with Gasteiger partial charge in [-0.2, -0.15) is 0 Å². The van der Waals surface area contributed by atoms with Crippen molar-refractivity contribution >= 4 is 155 Å². The number of nitrogens with zero attached hydrogens (tertiary/aromatic N) is 8. The average Bonchev–Trinajstić information content (AvgIpc) is 1.63. The van der Waals surface area contributed by atoms with Crippen molar-refractivity contribution < 1.29 is 47.6 Å². The van der Waals surface area contributed by atoms with Crippen molar-refractivity contribution in [3.63, 3.8) is 0 Å². The highest BCUT2D eigenvalue weighted by molar-refractivity contribution is 7.22. The number of carbonyl (C=O) groups is 4. The number of amides is 4. The Balaban J connectivity index is 0.000000112. The molecule has 32 heteroatoms. The Morgan fingerprint density at radius 3 is 0.962 bits per heavy atom. The summed E-state index contributed by atoms with van der Waals surface area (Å²) in [5.74, 6) is 5.35. The summed E-state index contributed by atoms with van der Waals surface area (Å²) in [6, 6.07) is 42.3. The van der Waals surface area contributed by atoms with Crippen molar-refractivity contribution in [3.05, 3.63) is 186 Å². The molecule has 0 bridgehead atoms. The van der Waals surface area contributed by atoms with E-state index in [1.165, 1.54) is 108 Å². The van der Waals surface area contributed by atoms with Crippen molar-refractivity contribution in [3.8, 4) is 23.0 Å². The van der Waals surface area contributed by atoms with E-state index >= 15 is 0 Å². The van der Waals surface area contributed by atoms with Crippen LogP contribution in [-0.4, -0.2) is 185 Å². The number of hydrogen-bond acceptors (Lipinski definition) is 28. The van der Waals surface area contributed by atoms with E-state index < -0.39 is 0 Å². The maximum Gasteiger partial charge on any atom is 0.263 e. The third-order valence-corrected chi connectivity index (χ3v) is 32.0. The summed E-state index contributed by atoms with van der Waals surface area (Å²) < 4.78 is 34.9. The maximum absolute atomic E-state index is 13.0. The van der Waals surface area contributed by atoms with Gasteiger partial charge >= 0.3 is 0 Å². The van der Waals surface area contributed by atoms with Crippen LogP contribution < -0.4 is 94.2 Å². The van der Waals surface area contributed by atoms with E-state index in [-0.39, 0.29) is 59.9 Å². The number of pyridine rings is 4. The minimum atomic E-state index is -0.183. The van der Waals surface area contributed by atoms with Crippen molar-refractivity contribution in [2.45, 2.75) is 153 Å². The van der Waals surface area contributed by atoms with Gasteiger partial charge in [0.1, 0.15) is 88.3 Å². The van der Waals surface area contributed by atoms with Gasteiger partial charge in [-0.3, -0.25) is 19.2 Å². The molecule has 16 heterocycles. The number of anilines is 8. The molecule has 0 unspecified atom stereocenters. The number of carbonyl (C=O) groups excluding carboxylic acids is 4. The topological polar surface area (TPSA) is 392 Å². The molecule has 680 valence electrons. The van der Waals surface area contributed by atoms with Crippen molar-refractivity contribution in [2.24, 2.45) is 35.1 Å². The first-order valence-corrected chi connectivity index (χ1v) is 48.7. The van der Waals surface area contributed by atoms with Crippen molar-refractivity contribution in [1.29, 1.82) is 0 Å². The van der Waals surface area contributed by atoms with Crippen LogP contribution >= 0.6 is 45.3 Å². The monoisotopic (exact) mass is 1830 g/mol. The molecule has 4 amide bonds. The lowest BCUT2D eigenvalue weighted by Crippen LogP contribution is -2.42. The zero-order chi connectivity index (χ0) is 89.9. The van der Waals surface area contributed by atoms with E-state index in [2.05, 4.69) is 134 Å². The molecular weight excluding hydrogens is 1720 g/mol. The summed E-state index contributed by atoms with van der Waals surface area (Å²) in [4.78, 5) is 84.8. The molecule has 4 aromatic carbocycles. The minimum Gasteiger partial charge on any atom is -0.491 e. The van der Waals surface area contributed by atoms with Crippen LogP contribution in [0.1, 0.15) is 135 Å². The molecule has 0 radical (unpaired) electrons. The predicted octanol–water partition coefficient (Wildman–Crippen LogP) is 13.3. The molecule has 16 N–H and O–H groups in total. The normalized spacial score (nSPS) is 23.3. The van der Waals surface area contributed by atoms with Gasteiger partial charge in [-0.05, 0) is 199 Å². The first-order chi connectivity index (χ1) is 63.0. The van der Waals surface area contributed by atoms with Gasteiger partial charge in [0.05, 0.1) is 60.1 Å². The number of hydrogen-bond donors (Lipinski definition) is 10. The molecule has 12 atom stereocenters. The molecule has 4 saturated heterocycles. The second-order valence-electron chi connectivity index (χ2n) is 36.6. The number of thiophene rings is 4. The number of nitrogens with two attached hydrogens (primary N) is 6. The SMILES string of the molecule is COC[C@@H]1CN(c2ccc3c(c2)OC[C@H](NC(=O)c2sc4nc(C)ccc4c2N)C3)C[C@H]1N.COC[C@H]1CN(c2ccc3c(c2)OC[C@H](NC(=O)c2sc4nc(C)ccc4c2N)C3)C[C@@H]1N.Cc1ccc2c(N)c(C(=O)N[C@H]3COc4cc(N5CC[C@@H]6CCC[C@@H]65)ccc4C3)sc2n1.Cc1ccc2c(N)c(C(=O)N[C@H]3COc4cc(N5CC[C@H]6CCC[C@H]65)ccc4C3)sc2n1. The summed E-state index contributed by atoms with van der Waals surface area (Å²) in [7, 11) is 3.43. The number of nitrogen functional groups attached to an aromatic ring is 4. The Labute approximate surface area is 771 Å². The zero-order valence-electron chi connectivity index (χ0n) is 74.2. The summed E-state index contributed by atoms with van der Waals surface area (Å²) >= 11 is 5.35. The molecule has 28 nitrogen and oxygen atoms in total. The third-order valence-electron chi connectivity index (χ3n) is 27.6. The number of fused-ring (bicyclic) bond motifs is 10.